The zero-order valence-corrected chi connectivity index (χ0v) is 6.74. The number of nitrogens with zero attached hydrogens (tertiary/aromatic N) is 1. The third kappa shape index (κ3) is 1.64. The largest absolute Gasteiger partial charge is 0.298 e. The minimum Gasteiger partial charge on any atom is -0.298 e. The highest BCUT2D eigenvalue weighted by atomic mass is 16.1. The van der Waals surface area contributed by atoms with Gasteiger partial charge in [0.2, 0.25) is 0 Å². The van der Waals surface area contributed by atoms with Crippen LogP contribution >= 0.6 is 0 Å². The molecule has 11 heavy (non-hydrogen) atoms. The Hall–Kier alpha value is -1.18. The minimum atomic E-state index is 0.316. The van der Waals surface area contributed by atoms with Crippen molar-refractivity contribution in [1.29, 1.82) is 0 Å². The van der Waals surface area contributed by atoms with Crippen molar-refractivity contribution >= 4 is 6.29 Å². The first-order valence-electron chi connectivity index (χ1n) is 3.65. The molecule has 0 N–H and O–H groups in total. The predicted molar refractivity (Wildman–Crippen MR) is 43.7 cm³/mol. The molecule has 0 saturated heterocycles. The van der Waals surface area contributed by atoms with E-state index >= 15 is 0 Å². The summed E-state index contributed by atoms with van der Waals surface area (Å²) in [6, 6.07) is 3.56. The fourth-order valence-electron chi connectivity index (χ4n) is 1.01. The Labute approximate surface area is 66.3 Å². The van der Waals surface area contributed by atoms with Gasteiger partial charge in [0.25, 0.3) is 0 Å². The Morgan fingerprint density at radius 1 is 1.55 bits per heavy atom. The molecule has 1 rings (SSSR count). The summed E-state index contributed by atoms with van der Waals surface area (Å²) in [6.45, 7) is 4.05. The number of hydrogen-bond acceptors (Lipinski definition) is 2. The molecule has 1 aromatic rings. The summed E-state index contributed by atoms with van der Waals surface area (Å²) in [7, 11) is 0. The molecule has 0 aliphatic rings. The second kappa shape index (κ2) is 3.28. The summed E-state index contributed by atoms with van der Waals surface area (Å²) >= 11 is 0. The number of pyridine rings is 1. The molecule has 0 atom stereocenters. The highest BCUT2D eigenvalue weighted by Crippen LogP contribution is 2.13. The summed E-state index contributed by atoms with van der Waals surface area (Å²) in [5, 5.41) is 0. The Bertz CT molecular complexity index is 255. The molecule has 2 nitrogen and oxygen atoms in total. The Balaban J connectivity index is 3.12. The number of aldehydes is 1. The number of hydrogen-bond donors (Lipinski definition) is 0. The number of carbonyl (C=O) groups excluding carboxylic acids is 1. The van der Waals surface area contributed by atoms with E-state index in [0.717, 1.165) is 12.0 Å². The predicted octanol–water partition coefficient (Wildman–Crippen LogP) is 2.02. The Kier molecular flexibility index (Phi) is 2.36. The van der Waals surface area contributed by atoms with E-state index in [-0.39, 0.29) is 0 Å². The van der Waals surface area contributed by atoms with Gasteiger partial charge < -0.3 is 0 Å². The van der Waals surface area contributed by atoms with Gasteiger partial charge >= 0.3 is 0 Å². The van der Waals surface area contributed by atoms with E-state index < -0.39 is 0 Å². The van der Waals surface area contributed by atoms with E-state index in [4.69, 9.17) is 0 Å². The fourth-order valence-corrected chi connectivity index (χ4v) is 1.01. The first-order chi connectivity index (χ1) is 5.25. The average molecular weight is 149 g/mol. The lowest BCUT2D eigenvalue weighted by Gasteiger charge is -2.04. The van der Waals surface area contributed by atoms with Gasteiger partial charge in [0.1, 0.15) is 0 Å². The highest BCUT2D eigenvalue weighted by Gasteiger charge is 2.04. The molecule has 0 unspecified atom stereocenters. The maximum atomic E-state index is 10.5. The van der Waals surface area contributed by atoms with Crippen molar-refractivity contribution in [3.8, 4) is 0 Å². The first kappa shape index (κ1) is 7.92. The van der Waals surface area contributed by atoms with Crippen LogP contribution in [0, 0.1) is 0 Å². The molecule has 0 saturated carbocycles. The molecule has 0 aromatic carbocycles. The van der Waals surface area contributed by atoms with Crippen LogP contribution in [-0.4, -0.2) is 11.3 Å². The van der Waals surface area contributed by atoms with Crippen LogP contribution in [0.25, 0.3) is 0 Å². The Morgan fingerprint density at radius 2 is 2.27 bits per heavy atom. The SMILES string of the molecule is CC(C)c1ncccc1C=O. The maximum Gasteiger partial charge on any atom is 0.151 e. The average Bonchev–Trinajstić information content (AvgIpc) is 2.04. The molecule has 58 valence electrons. The van der Waals surface area contributed by atoms with Crippen LogP contribution in [0.5, 0.6) is 0 Å². The molecular formula is C9H11NO. The minimum absolute atomic E-state index is 0.316. The van der Waals surface area contributed by atoms with Crippen molar-refractivity contribution in [2.24, 2.45) is 0 Å². The third-order valence-corrected chi connectivity index (χ3v) is 1.55. The van der Waals surface area contributed by atoms with Gasteiger partial charge in [-0.15, -0.1) is 0 Å². The molecule has 0 aliphatic carbocycles. The summed E-state index contributed by atoms with van der Waals surface area (Å²) in [6.07, 6.45) is 2.56. The van der Waals surface area contributed by atoms with Crippen LogP contribution in [0.3, 0.4) is 0 Å². The molecule has 0 fully saturated rings. The van der Waals surface area contributed by atoms with Gasteiger partial charge in [0.05, 0.1) is 5.69 Å². The lowest BCUT2D eigenvalue weighted by atomic mass is 10.1. The topological polar surface area (TPSA) is 30.0 Å². The lowest BCUT2D eigenvalue weighted by molar-refractivity contribution is 0.112. The highest BCUT2D eigenvalue weighted by molar-refractivity contribution is 5.76. The molecule has 0 radical (unpaired) electrons. The fraction of sp³-hybridized carbons (Fsp3) is 0.333. The number of carbonyl (C=O) groups is 1. The van der Waals surface area contributed by atoms with Gasteiger partial charge in [-0.25, -0.2) is 0 Å². The quantitative estimate of drug-likeness (QED) is 0.602. The monoisotopic (exact) mass is 149 g/mol. The molecule has 0 aliphatic heterocycles. The molecule has 0 amide bonds. The molecule has 1 aromatic heterocycles. The third-order valence-electron chi connectivity index (χ3n) is 1.55. The smallest absolute Gasteiger partial charge is 0.151 e. The van der Waals surface area contributed by atoms with Crippen LogP contribution in [-0.2, 0) is 0 Å². The maximum absolute atomic E-state index is 10.5. The molecule has 2 heteroatoms. The van der Waals surface area contributed by atoms with Gasteiger partial charge in [0.15, 0.2) is 6.29 Å². The van der Waals surface area contributed by atoms with Gasteiger partial charge in [-0.05, 0) is 18.1 Å². The van der Waals surface area contributed by atoms with Crippen LogP contribution in [0.4, 0.5) is 0 Å². The van der Waals surface area contributed by atoms with Crippen LogP contribution in [0.2, 0.25) is 0 Å². The summed E-state index contributed by atoms with van der Waals surface area (Å²) < 4.78 is 0. The first-order valence-corrected chi connectivity index (χ1v) is 3.65. The van der Waals surface area contributed by atoms with E-state index in [2.05, 4.69) is 4.98 Å². The molecule has 0 bridgehead atoms. The van der Waals surface area contributed by atoms with Crippen LogP contribution in [0.1, 0.15) is 35.8 Å². The van der Waals surface area contributed by atoms with Crippen molar-refractivity contribution in [2.75, 3.05) is 0 Å². The summed E-state index contributed by atoms with van der Waals surface area (Å²) in [5.41, 5.74) is 1.57. The van der Waals surface area contributed by atoms with Gasteiger partial charge in [0, 0.05) is 11.8 Å². The summed E-state index contributed by atoms with van der Waals surface area (Å²) in [4.78, 5) is 14.6. The van der Waals surface area contributed by atoms with E-state index in [0.29, 0.717) is 11.5 Å². The summed E-state index contributed by atoms with van der Waals surface area (Å²) in [5.74, 6) is 0.316. The van der Waals surface area contributed by atoms with E-state index in [1.165, 1.54) is 0 Å². The molecule has 1 heterocycles. The standard InChI is InChI=1S/C9H11NO/c1-7(2)9-8(6-11)4-3-5-10-9/h3-7H,1-2H3. The van der Waals surface area contributed by atoms with Crippen LogP contribution in [0.15, 0.2) is 18.3 Å². The van der Waals surface area contributed by atoms with Gasteiger partial charge in [-0.3, -0.25) is 9.78 Å². The number of rotatable bonds is 2. The van der Waals surface area contributed by atoms with Crippen LogP contribution < -0.4 is 0 Å². The molecule has 0 spiro atoms. The second-order valence-electron chi connectivity index (χ2n) is 2.75. The van der Waals surface area contributed by atoms with Crippen molar-refractivity contribution in [3.63, 3.8) is 0 Å². The Morgan fingerprint density at radius 3 is 2.73 bits per heavy atom. The normalized spacial score (nSPS) is 10.1. The van der Waals surface area contributed by atoms with Crippen molar-refractivity contribution in [1.82, 2.24) is 4.98 Å². The molecular weight excluding hydrogens is 138 g/mol. The van der Waals surface area contributed by atoms with Gasteiger partial charge in [-0.2, -0.15) is 0 Å². The van der Waals surface area contributed by atoms with Crippen molar-refractivity contribution < 1.29 is 4.79 Å². The van der Waals surface area contributed by atoms with E-state index in [9.17, 15) is 4.79 Å². The second-order valence-corrected chi connectivity index (χ2v) is 2.75. The lowest BCUT2D eigenvalue weighted by Crippen LogP contribution is -1.97. The zero-order chi connectivity index (χ0) is 8.27. The van der Waals surface area contributed by atoms with E-state index in [1.54, 1.807) is 18.3 Å². The van der Waals surface area contributed by atoms with Gasteiger partial charge in [-0.1, -0.05) is 13.8 Å². The number of aromatic nitrogens is 1. The zero-order valence-electron chi connectivity index (χ0n) is 6.74. The van der Waals surface area contributed by atoms with E-state index in [1.807, 2.05) is 13.8 Å². The van der Waals surface area contributed by atoms with Crippen molar-refractivity contribution in [2.45, 2.75) is 19.8 Å². The van der Waals surface area contributed by atoms with Crippen molar-refractivity contribution in [3.05, 3.63) is 29.6 Å².